The number of rotatable bonds is 2. The standard InChI is InChI=1S/C6H14O4S/c1-6(2,3)5(7)4-11(8,9)10/h5,7H,4H2,1-3H3,(H,8,9,10). The molecule has 2 N–H and O–H groups in total. The Balaban J connectivity index is 4.21. The van der Waals surface area contributed by atoms with Gasteiger partial charge in [0.1, 0.15) is 5.75 Å². The molecule has 1 atom stereocenters. The molecule has 0 fully saturated rings. The summed E-state index contributed by atoms with van der Waals surface area (Å²) < 4.78 is 28.9. The van der Waals surface area contributed by atoms with E-state index in [4.69, 9.17) is 4.55 Å². The van der Waals surface area contributed by atoms with Gasteiger partial charge in [0.25, 0.3) is 10.1 Å². The minimum Gasteiger partial charge on any atom is -0.391 e. The summed E-state index contributed by atoms with van der Waals surface area (Å²) in [6, 6.07) is 0. The molecule has 68 valence electrons. The number of aliphatic hydroxyl groups excluding tert-OH is 1. The third-order valence-electron chi connectivity index (χ3n) is 1.37. The van der Waals surface area contributed by atoms with Crippen LogP contribution in [0.3, 0.4) is 0 Å². The van der Waals surface area contributed by atoms with Gasteiger partial charge < -0.3 is 5.11 Å². The van der Waals surface area contributed by atoms with Gasteiger partial charge in [-0.25, -0.2) is 0 Å². The highest BCUT2D eigenvalue weighted by molar-refractivity contribution is 7.85. The lowest BCUT2D eigenvalue weighted by atomic mass is 9.90. The van der Waals surface area contributed by atoms with Gasteiger partial charge in [-0.1, -0.05) is 20.8 Å². The number of hydrogen-bond donors (Lipinski definition) is 2. The third-order valence-corrected chi connectivity index (χ3v) is 2.11. The fourth-order valence-corrected chi connectivity index (χ4v) is 1.35. The second-order valence-corrected chi connectivity index (χ2v) is 5.13. The molecule has 0 saturated carbocycles. The minimum atomic E-state index is -4.06. The van der Waals surface area contributed by atoms with E-state index in [1.807, 2.05) is 0 Å². The van der Waals surface area contributed by atoms with Gasteiger partial charge in [0.2, 0.25) is 0 Å². The molecule has 0 saturated heterocycles. The van der Waals surface area contributed by atoms with Crippen LogP contribution in [-0.2, 0) is 10.1 Å². The first kappa shape index (κ1) is 10.9. The second-order valence-electron chi connectivity index (χ2n) is 3.63. The molecule has 0 heterocycles. The molecule has 0 bridgehead atoms. The van der Waals surface area contributed by atoms with Crippen molar-refractivity contribution < 1.29 is 18.1 Å². The molecule has 4 nitrogen and oxygen atoms in total. The van der Waals surface area contributed by atoms with E-state index in [1.54, 1.807) is 20.8 Å². The second kappa shape index (κ2) is 3.08. The number of aliphatic hydroxyl groups is 1. The maximum absolute atomic E-state index is 10.3. The summed E-state index contributed by atoms with van der Waals surface area (Å²) in [7, 11) is -4.06. The van der Waals surface area contributed by atoms with Crippen LogP contribution in [-0.4, -0.2) is 29.9 Å². The Bertz CT molecular complexity index is 211. The van der Waals surface area contributed by atoms with Gasteiger partial charge in [0.05, 0.1) is 6.10 Å². The molecule has 0 aromatic rings. The molecule has 0 aliphatic heterocycles. The molecule has 0 aromatic heterocycles. The van der Waals surface area contributed by atoms with E-state index in [9.17, 15) is 13.5 Å². The zero-order valence-electron chi connectivity index (χ0n) is 6.90. The van der Waals surface area contributed by atoms with Gasteiger partial charge in [0.15, 0.2) is 0 Å². The molecule has 0 aliphatic rings. The van der Waals surface area contributed by atoms with E-state index in [0.29, 0.717) is 0 Å². The summed E-state index contributed by atoms with van der Waals surface area (Å²) in [6.45, 7) is 5.09. The third kappa shape index (κ3) is 5.17. The zero-order chi connectivity index (χ0) is 9.28. The molecule has 5 heteroatoms. The Kier molecular flexibility index (Phi) is 3.05. The van der Waals surface area contributed by atoms with Crippen LogP contribution in [0.2, 0.25) is 0 Å². The molecule has 0 spiro atoms. The SMILES string of the molecule is CC(C)(C)C(O)CS(=O)(=O)O. The fraction of sp³-hybridized carbons (Fsp3) is 1.00. The highest BCUT2D eigenvalue weighted by Crippen LogP contribution is 2.19. The maximum atomic E-state index is 10.3. The molecule has 0 radical (unpaired) electrons. The Labute approximate surface area is 67.0 Å². The molecule has 0 aliphatic carbocycles. The van der Waals surface area contributed by atoms with E-state index in [0.717, 1.165) is 0 Å². The van der Waals surface area contributed by atoms with Crippen LogP contribution in [0.5, 0.6) is 0 Å². The summed E-state index contributed by atoms with van der Waals surface area (Å²) in [6.07, 6.45) is -1.03. The summed E-state index contributed by atoms with van der Waals surface area (Å²) in [5.41, 5.74) is -0.518. The average molecular weight is 182 g/mol. The van der Waals surface area contributed by atoms with Gasteiger partial charge in [-0.3, -0.25) is 4.55 Å². The minimum absolute atomic E-state index is 0.518. The van der Waals surface area contributed by atoms with Crippen LogP contribution >= 0.6 is 0 Å². The molecule has 0 aromatic carbocycles. The van der Waals surface area contributed by atoms with Gasteiger partial charge >= 0.3 is 0 Å². The van der Waals surface area contributed by atoms with Gasteiger partial charge in [-0.2, -0.15) is 8.42 Å². The summed E-state index contributed by atoms with van der Waals surface area (Å²) in [5, 5.41) is 9.18. The predicted octanol–water partition coefficient (Wildman–Crippen LogP) is 0.281. The largest absolute Gasteiger partial charge is 0.391 e. The van der Waals surface area contributed by atoms with Crippen molar-refractivity contribution in [1.82, 2.24) is 0 Å². The van der Waals surface area contributed by atoms with Crippen molar-refractivity contribution in [2.24, 2.45) is 5.41 Å². The summed E-state index contributed by atoms with van der Waals surface area (Å²) in [4.78, 5) is 0. The monoisotopic (exact) mass is 182 g/mol. The van der Waals surface area contributed by atoms with Crippen molar-refractivity contribution in [3.8, 4) is 0 Å². The topological polar surface area (TPSA) is 74.6 Å². The van der Waals surface area contributed by atoms with E-state index in [2.05, 4.69) is 0 Å². The average Bonchev–Trinajstić information content (AvgIpc) is 1.56. The van der Waals surface area contributed by atoms with Gasteiger partial charge in [-0.05, 0) is 5.41 Å². The van der Waals surface area contributed by atoms with Gasteiger partial charge in [0, 0.05) is 0 Å². The predicted molar refractivity (Wildman–Crippen MR) is 41.9 cm³/mol. The Morgan fingerprint density at radius 3 is 1.82 bits per heavy atom. The van der Waals surface area contributed by atoms with Crippen molar-refractivity contribution in [2.75, 3.05) is 5.75 Å². The first-order valence-electron chi connectivity index (χ1n) is 3.26. The lowest BCUT2D eigenvalue weighted by Gasteiger charge is -2.24. The van der Waals surface area contributed by atoms with Crippen molar-refractivity contribution >= 4 is 10.1 Å². The van der Waals surface area contributed by atoms with E-state index >= 15 is 0 Å². The normalized spacial score (nSPS) is 16.5. The van der Waals surface area contributed by atoms with Crippen LogP contribution in [0.15, 0.2) is 0 Å². The zero-order valence-corrected chi connectivity index (χ0v) is 7.72. The van der Waals surface area contributed by atoms with Crippen molar-refractivity contribution in [3.05, 3.63) is 0 Å². The van der Waals surface area contributed by atoms with E-state index in [-0.39, 0.29) is 0 Å². The van der Waals surface area contributed by atoms with E-state index in [1.165, 1.54) is 0 Å². The molecule has 0 rings (SSSR count). The molecule has 11 heavy (non-hydrogen) atoms. The number of hydrogen-bond acceptors (Lipinski definition) is 3. The van der Waals surface area contributed by atoms with Gasteiger partial charge in [-0.15, -0.1) is 0 Å². The fourth-order valence-electron chi connectivity index (χ4n) is 0.450. The molecular weight excluding hydrogens is 168 g/mol. The molecule has 0 amide bonds. The Morgan fingerprint density at radius 2 is 1.73 bits per heavy atom. The molecular formula is C6H14O4S. The maximum Gasteiger partial charge on any atom is 0.267 e. The van der Waals surface area contributed by atoms with Crippen LogP contribution in [0.25, 0.3) is 0 Å². The van der Waals surface area contributed by atoms with Crippen LogP contribution in [0, 0.1) is 5.41 Å². The quantitative estimate of drug-likeness (QED) is 0.601. The Hall–Kier alpha value is -0.130. The first-order valence-corrected chi connectivity index (χ1v) is 4.87. The Morgan fingerprint density at radius 1 is 1.36 bits per heavy atom. The summed E-state index contributed by atoms with van der Waals surface area (Å²) >= 11 is 0. The van der Waals surface area contributed by atoms with Crippen molar-refractivity contribution in [2.45, 2.75) is 26.9 Å². The molecule has 1 unspecified atom stereocenters. The van der Waals surface area contributed by atoms with Crippen LogP contribution in [0.4, 0.5) is 0 Å². The highest BCUT2D eigenvalue weighted by Gasteiger charge is 2.26. The first-order chi connectivity index (χ1) is 4.63. The lowest BCUT2D eigenvalue weighted by Crippen LogP contribution is -2.32. The van der Waals surface area contributed by atoms with Crippen molar-refractivity contribution in [3.63, 3.8) is 0 Å². The lowest BCUT2D eigenvalue weighted by molar-refractivity contribution is 0.0813. The highest BCUT2D eigenvalue weighted by atomic mass is 32.2. The van der Waals surface area contributed by atoms with Crippen LogP contribution < -0.4 is 0 Å². The van der Waals surface area contributed by atoms with Crippen LogP contribution in [0.1, 0.15) is 20.8 Å². The van der Waals surface area contributed by atoms with E-state index < -0.39 is 27.4 Å². The smallest absolute Gasteiger partial charge is 0.267 e. The summed E-state index contributed by atoms with van der Waals surface area (Å²) in [5.74, 6) is -0.601. The van der Waals surface area contributed by atoms with Crippen molar-refractivity contribution in [1.29, 1.82) is 0 Å².